The molecule has 0 fully saturated rings. The van der Waals surface area contributed by atoms with Crippen LogP contribution in [0.2, 0.25) is 0 Å². The molecule has 0 unspecified atom stereocenters. The Bertz CT molecular complexity index is 1850. The number of halogens is 1. The Labute approximate surface area is 250 Å². The number of fused-ring (bicyclic) bond motifs is 3. The second-order valence-corrected chi connectivity index (χ2v) is 12.1. The topological polar surface area (TPSA) is 3.24 Å². The Morgan fingerprint density at radius 1 is 0.488 bits per heavy atom. The lowest BCUT2D eigenvalue weighted by atomic mass is 9.82. The molecule has 1 aliphatic rings. The highest BCUT2D eigenvalue weighted by Gasteiger charge is 2.37. The second kappa shape index (κ2) is 10.2. The van der Waals surface area contributed by atoms with E-state index in [1.807, 2.05) is 0 Å². The van der Waals surface area contributed by atoms with Gasteiger partial charge in [0.05, 0.1) is 5.69 Å². The van der Waals surface area contributed by atoms with Gasteiger partial charge in [-0.3, -0.25) is 0 Å². The number of hydrogen-bond acceptors (Lipinski definition) is 1. The summed E-state index contributed by atoms with van der Waals surface area (Å²) < 4.78 is 1.08. The van der Waals surface area contributed by atoms with E-state index in [1.54, 1.807) is 0 Å². The lowest BCUT2D eigenvalue weighted by molar-refractivity contribution is 0.660. The molecule has 41 heavy (non-hydrogen) atoms. The number of rotatable bonds is 5. The van der Waals surface area contributed by atoms with E-state index in [0.29, 0.717) is 0 Å². The molecule has 0 aromatic heterocycles. The Morgan fingerprint density at radius 3 is 1.71 bits per heavy atom. The molecule has 2 heteroatoms. The van der Waals surface area contributed by atoms with Crippen LogP contribution in [0.15, 0.2) is 150 Å². The monoisotopic (exact) mass is 591 g/mol. The third-order valence-electron chi connectivity index (χ3n) is 8.34. The maximum absolute atomic E-state index is 3.62. The summed E-state index contributed by atoms with van der Waals surface area (Å²) in [7, 11) is 0. The van der Waals surface area contributed by atoms with Crippen LogP contribution in [0.3, 0.4) is 0 Å². The molecule has 0 saturated carbocycles. The quantitative estimate of drug-likeness (QED) is 0.193. The van der Waals surface area contributed by atoms with Gasteiger partial charge in [-0.15, -0.1) is 0 Å². The molecule has 1 aliphatic carbocycles. The van der Waals surface area contributed by atoms with E-state index in [2.05, 4.69) is 180 Å². The van der Waals surface area contributed by atoms with Crippen molar-refractivity contribution in [3.8, 4) is 33.4 Å². The molecule has 0 amide bonds. The minimum atomic E-state index is -0.0602. The van der Waals surface area contributed by atoms with Gasteiger partial charge in [-0.25, -0.2) is 0 Å². The fraction of sp³-hybridized carbons (Fsp3) is 0.0769. The first-order chi connectivity index (χ1) is 20.0. The average molecular weight is 593 g/mol. The third-order valence-corrected chi connectivity index (χ3v) is 8.84. The van der Waals surface area contributed by atoms with Crippen LogP contribution in [0.4, 0.5) is 17.1 Å². The number of hydrogen-bond donors (Lipinski definition) is 0. The van der Waals surface area contributed by atoms with Crippen LogP contribution in [-0.2, 0) is 5.41 Å². The second-order valence-electron chi connectivity index (χ2n) is 11.2. The summed E-state index contributed by atoms with van der Waals surface area (Å²) in [5, 5.41) is 0. The Balaban J connectivity index is 1.40. The summed E-state index contributed by atoms with van der Waals surface area (Å²) in [6.07, 6.45) is 0. The van der Waals surface area contributed by atoms with E-state index in [-0.39, 0.29) is 5.41 Å². The van der Waals surface area contributed by atoms with Gasteiger partial charge in [0.1, 0.15) is 0 Å². The summed E-state index contributed by atoms with van der Waals surface area (Å²) >= 11 is 3.62. The van der Waals surface area contributed by atoms with Gasteiger partial charge in [-0.05, 0) is 81.4 Å². The lowest BCUT2D eigenvalue weighted by Gasteiger charge is -2.29. The van der Waals surface area contributed by atoms with Gasteiger partial charge in [0.2, 0.25) is 0 Å². The van der Waals surface area contributed by atoms with Gasteiger partial charge in [-0.1, -0.05) is 133 Å². The van der Waals surface area contributed by atoms with Crippen molar-refractivity contribution in [2.24, 2.45) is 0 Å². The minimum absolute atomic E-state index is 0.0602. The molecule has 6 aromatic carbocycles. The smallest absolute Gasteiger partial charge is 0.0543 e. The van der Waals surface area contributed by atoms with Crippen molar-refractivity contribution >= 4 is 33.0 Å². The van der Waals surface area contributed by atoms with E-state index < -0.39 is 0 Å². The molecular formula is C39H30BrN. The number of anilines is 3. The zero-order chi connectivity index (χ0) is 28.0. The highest BCUT2D eigenvalue weighted by atomic mass is 79.9. The van der Waals surface area contributed by atoms with E-state index in [9.17, 15) is 0 Å². The van der Waals surface area contributed by atoms with Crippen molar-refractivity contribution in [2.75, 3.05) is 4.90 Å². The summed E-state index contributed by atoms with van der Waals surface area (Å²) in [4.78, 5) is 2.41. The number of benzene rings is 6. The summed E-state index contributed by atoms with van der Waals surface area (Å²) in [6, 6.07) is 52.6. The van der Waals surface area contributed by atoms with Crippen molar-refractivity contribution in [2.45, 2.75) is 19.3 Å². The highest BCUT2D eigenvalue weighted by molar-refractivity contribution is 9.10. The third kappa shape index (κ3) is 4.49. The summed E-state index contributed by atoms with van der Waals surface area (Å²) in [5.74, 6) is 0. The van der Waals surface area contributed by atoms with Gasteiger partial charge in [0.25, 0.3) is 0 Å². The maximum Gasteiger partial charge on any atom is 0.0543 e. The SMILES string of the molecule is CC1(C)c2ccccc2-c2c(N(c3ccc(-c4ccccc4)cc3)c3ccc(-c4cccc(Br)c4)cc3)cccc21. The zero-order valence-electron chi connectivity index (χ0n) is 23.2. The normalized spacial score (nSPS) is 13.0. The molecule has 0 heterocycles. The van der Waals surface area contributed by atoms with Crippen molar-refractivity contribution in [1.82, 2.24) is 0 Å². The van der Waals surface area contributed by atoms with Crippen LogP contribution in [0.5, 0.6) is 0 Å². The van der Waals surface area contributed by atoms with Crippen LogP contribution in [0.1, 0.15) is 25.0 Å². The molecule has 0 saturated heterocycles. The molecule has 0 N–H and O–H groups in total. The van der Waals surface area contributed by atoms with Crippen LogP contribution >= 0.6 is 15.9 Å². The molecule has 0 bridgehead atoms. The predicted octanol–water partition coefficient (Wildman–Crippen LogP) is 11.6. The molecule has 1 nitrogen and oxygen atoms in total. The highest BCUT2D eigenvalue weighted by Crippen LogP contribution is 2.54. The van der Waals surface area contributed by atoms with Crippen LogP contribution in [0, 0.1) is 0 Å². The van der Waals surface area contributed by atoms with Crippen molar-refractivity contribution < 1.29 is 0 Å². The van der Waals surface area contributed by atoms with Gasteiger partial charge in [0, 0.05) is 26.8 Å². The molecular weight excluding hydrogens is 562 g/mol. The number of nitrogens with zero attached hydrogens (tertiary/aromatic N) is 1. The summed E-state index contributed by atoms with van der Waals surface area (Å²) in [6.45, 7) is 4.68. The van der Waals surface area contributed by atoms with Gasteiger partial charge >= 0.3 is 0 Å². The van der Waals surface area contributed by atoms with E-state index in [1.165, 1.54) is 50.2 Å². The van der Waals surface area contributed by atoms with Crippen molar-refractivity contribution in [3.05, 3.63) is 161 Å². The molecule has 0 aliphatic heterocycles. The molecule has 7 rings (SSSR count). The fourth-order valence-corrected chi connectivity index (χ4v) is 6.65. The van der Waals surface area contributed by atoms with E-state index >= 15 is 0 Å². The predicted molar refractivity (Wildman–Crippen MR) is 177 cm³/mol. The van der Waals surface area contributed by atoms with Crippen LogP contribution < -0.4 is 4.90 Å². The first kappa shape index (κ1) is 25.6. The first-order valence-electron chi connectivity index (χ1n) is 14.1. The Kier molecular flexibility index (Phi) is 6.37. The standard InChI is InChI=1S/C39H30BrN/c1-39(2)35-15-7-6-14-34(35)38-36(39)16-9-17-37(38)41(32-22-18-28(19-23-32)27-10-4-3-5-11-27)33-24-20-29(21-25-33)30-12-8-13-31(40)26-30/h3-26H,1-2H3. The van der Waals surface area contributed by atoms with E-state index in [4.69, 9.17) is 0 Å². The maximum atomic E-state index is 3.62. The van der Waals surface area contributed by atoms with Gasteiger partial charge in [0.15, 0.2) is 0 Å². The lowest BCUT2D eigenvalue weighted by Crippen LogP contribution is -2.16. The Hall–Kier alpha value is -4.40. The Morgan fingerprint density at radius 2 is 1.02 bits per heavy atom. The van der Waals surface area contributed by atoms with Crippen molar-refractivity contribution in [1.29, 1.82) is 0 Å². The van der Waals surface area contributed by atoms with Gasteiger partial charge in [-0.2, -0.15) is 0 Å². The molecule has 0 atom stereocenters. The van der Waals surface area contributed by atoms with E-state index in [0.717, 1.165) is 15.8 Å². The molecule has 6 aromatic rings. The molecule has 198 valence electrons. The largest absolute Gasteiger partial charge is 0.310 e. The van der Waals surface area contributed by atoms with Crippen LogP contribution in [-0.4, -0.2) is 0 Å². The average Bonchev–Trinajstić information content (AvgIpc) is 3.25. The minimum Gasteiger partial charge on any atom is -0.310 e. The molecule has 0 radical (unpaired) electrons. The fourth-order valence-electron chi connectivity index (χ4n) is 6.25. The zero-order valence-corrected chi connectivity index (χ0v) is 24.8. The summed E-state index contributed by atoms with van der Waals surface area (Å²) in [5.41, 5.74) is 13.6. The molecule has 0 spiro atoms. The van der Waals surface area contributed by atoms with Crippen molar-refractivity contribution in [3.63, 3.8) is 0 Å². The first-order valence-corrected chi connectivity index (χ1v) is 14.8. The van der Waals surface area contributed by atoms with Gasteiger partial charge < -0.3 is 4.90 Å². The van der Waals surface area contributed by atoms with Crippen LogP contribution in [0.25, 0.3) is 33.4 Å².